The van der Waals surface area contributed by atoms with Crippen molar-refractivity contribution in [1.82, 2.24) is 5.16 Å². The van der Waals surface area contributed by atoms with E-state index in [1.807, 2.05) is 0 Å². The molecular formula is C8H9NO5S. The smallest absolute Gasteiger partial charge is 0.374 e. The molecule has 1 atom stereocenters. The van der Waals surface area contributed by atoms with E-state index in [1.54, 1.807) is 0 Å². The van der Waals surface area contributed by atoms with Crippen molar-refractivity contribution in [3.8, 4) is 0 Å². The second kappa shape index (κ2) is 3.34. The molecule has 1 aliphatic rings. The summed E-state index contributed by atoms with van der Waals surface area (Å²) in [6.07, 6.45) is 0.480. The molecule has 0 spiro atoms. The molecule has 0 saturated carbocycles. The molecule has 1 aromatic rings. The van der Waals surface area contributed by atoms with Gasteiger partial charge in [-0.2, -0.15) is 0 Å². The fraction of sp³-hybridized carbons (Fsp3) is 0.500. The fourth-order valence-corrected chi connectivity index (χ4v) is 3.37. The van der Waals surface area contributed by atoms with Gasteiger partial charge in [0.15, 0.2) is 9.84 Å². The number of sulfone groups is 1. The van der Waals surface area contributed by atoms with Gasteiger partial charge in [-0.1, -0.05) is 5.16 Å². The molecule has 0 radical (unpaired) electrons. The van der Waals surface area contributed by atoms with Crippen molar-refractivity contribution in [3.63, 3.8) is 0 Å². The van der Waals surface area contributed by atoms with E-state index in [2.05, 4.69) is 9.68 Å². The topological polar surface area (TPSA) is 97.5 Å². The van der Waals surface area contributed by atoms with Crippen molar-refractivity contribution in [2.24, 2.45) is 0 Å². The molecule has 15 heavy (non-hydrogen) atoms. The first kappa shape index (κ1) is 10.2. The fourth-order valence-electron chi connectivity index (χ4n) is 1.61. The van der Waals surface area contributed by atoms with Crippen molar-refractivity contribution < 1.29 is 22.8 Å². The maximum Gasteiger partial charge on any atom is 0.374 e. The average Bonchev–Trinajstić information content (AvgIpc) is 2.70. The van der Waals surface area contributed by atoms with Gasteiger partial charge in [-0.15, -0.1) is 0 Å². The van der Waals surface area contributed by atoms with Crippen LogP contribution in [0.25, 0.3) is 0 Å². The Hall–Kier alpha value is -1.37. The highest BCUT2D eigenvalue weighted by atomic mass is 32.2. The Labute approximate surface area is 85.8 Å². The lowest BCUT2D eigenvalue weighted by atomic mass is 10.1. The number of aromatic carboxylic acids is 1. The monoisotopic (exact) mass is 231 g/mol. The highest BCUT2D eigenvalue weighted by molar-refractivity contribution is 7.91. The van der Waals surface area contributed by atoms with E-state index in [0.717, 1.165) is 0 Å². The molecule has 1 fully saturated rings. The molecule has 0 amide bonds. The third-order valence-electron chi connectivity index (χ3n) is 2.39. The van der Waals surface area contributed by atoms with Gasteiger partial charge in [0, 0.05) is 12.0 Å². The summed E-state index contributed by atoms with van der Waals surface area (Å²) in [7, 11) is -2.98. The number of carboxylic acid groups (broad SMARTS) is 1. The Morgan fingerprint density at radius 3 is 2.80 bits per heavy atom. The zero-order chi connectivity index (χ0) is 11.1. The lowest BCUT2D eigenvalue weighted by Crippen LogP contribution is -2.03. The van der Waals surface area contributed by atoms with E-state index in [9.17, 15) is 13.2 Å². The number of carboxylic acids is 1. The van der Waals surface area contributed by atoms with Gasteiger partial charge in [0.25, 0.3) is 0 Å². The molecule has 1 saturated heterocycles. The Morgan fingerprint density at radius 2 is 2.33 bits per heavy atom. The summed E-state index contributed by atoms with van der Waals surface area (Å²) in [4.78, 5) is 10.5. The molecule has 0 aliphatic carbocycles. The first-order valence-corrected chi connectivity index (χ1v) is 6.20. The summed E-state index contributed by atoms with van der Waals surface area (Å²) >= 11 is 0. The van der Waals surface area contributed by atoms with Gasteiger partial charge < -0.3 is 9.63 Å². The maximum atomic E-state index is 11.2. The molecule has 1 N–H and O–H groups in total. The zero-order valence-corrected chi connectivity index (χ0v) is 8.53. The van der Waals surface area contributed by atoms with Gasteiger partial charge in [-0.05, 0) is 6.42 Å². The van der Waals surface area contributed by atoms with Gasteiger partial charge in [0.2, 0.25) is 5.76 Å². The lowest BCUT2D eigenvalue weighted by Gasteiger charge is -1.99. The molecule has 1 unspecified atom stereocenters. The van der Waals surface area contributed by atoms with Crippen LogP contribution in [0.1, 0.15) is 28.6 Å². The minimum Gasteiger partial charge on any atom is -0.475 e. The number of nitrogens with zero attached hydrogens (tertiary/aromatic N) is 1. The summed E-state index contributed by atoms with van der Waals surface area (Å²) in [5.41, 5.74) is 0.411. The molecular weight excluding hydrogens is 222 g/mol. The van der Waals surface area contributed by atoms with Crippen molar-refractivity contribution in [2.45, 2.75) is 12.3 Å². The van der Waals surface area contributed by atoms with Crippen LogP contribution in [-0.2, 0) is 9.84 Å². The molecule has 2 rings (SSSR count). The maximum absolute atomic E-state index is 11.2. The minimum atomic E-state index is -2.98. The standard InChI is InChI=1S/C8H9NO5S/c10-8(11)7-3-6(9-14-7)5-1-2-15(12,13)4-5/h3,5H,1-2,4H2,(H,10,11). The van der Waals surface area contributed by atoms with Crippen LogP contribution < -0.4 is 0 Å². The lowest BCUT2D eigenvalue weighted by molar-refractivity contribution is 0.0652. The van der Waals surface area contributed by atoms with Crippen LogP contribution in [0, 0.1) is 0 Å². The number of rotatable bonds is 2. The van der Waals surface area contributed by atoms with Crippen LogP contribution in [0.3, 0.4) is 0 Å². The average molecular weight is 231 g/mol. The van der Waals surface area contributed by atoms with Gasteiger partial charge in [0.1, 0.15) is 0 Å². The highest BCUT2D eigenvalue weighted by Gasteiger charge is 2.31. The predicted molar refractivity (Wildman–Crippen MR) is 49.5 cm³/mol. The molecule has 7 heteroatoms. The van der Waals surface area contributed by atoms with Crippen molar-refractivity contribution in [3.05, 3.63) is 17.5 Å². The van der Waals surface area contributed by atoms with E-state index in [1.165, 1.54) is 6.07 Å². The van der Waals surface area contributed by atoms with Crippen LogP contribution in [0.2, 0.25) is 0 Å². The second-order valence-electron chi connectivity index (χ2n) is 3.52. The summed E-state index contributed by atoms with van der Waals surface area (Å²) in [5, 5.41) is 12.2. The number of aromatic nitrogens is 1. The summed E-state index contributed by atoms with van der Waals surface area (Å²) in [6.45, 7) is 0. The normalized spacial score (nSPS) is 24.1. The SMILES string of the molecule is O=C(O)c1cc(C2CCS(=O)(=O)C2)no1. The summed E-state index contributed by atoms with van der Waals surface area (Å²) in [6, 6.07) is 1.29. The van der Waals surface area contributed by atoms with Gasteiger partial charge in [0.05, 0.1) is 17.2 Å². The largest absolute Gasteiger partial charge is 0.475 e. The van der Waals surface area contributed by atoms with Crippen LogP contribution >= 0.6 is 0 Å². The molecule has 0 bridgehead atoms. The summed E-state index contributed by atoms with van der Waals surface area (Å²) < 4.78 is 26.9. The number of hydrogen-bond acceptors (Lipinski definition) is 5. The third kappa shape index (κ3) is 2.01. The molecule has 2 heterocycles. The van der Waals surface area contributed by atoms with Gasteiger partial charge >= 0.3 is 5.97 Å². The predicted octanol–water partition coefficient (Wildman–Crippen LogP) is 0.275. The minimum absolute atomic E-state index is 0.0264. The molecule has 0 aromatic carbocycles. The van der Waals surface area contributed by atoms with E-state index in [4.69, 9.17) is 5.11 Å². The van der Waals surface area contributed by atoms with E-state index >= 15 is 0 Å². The number of carbonyl (C=O) groups is 1. The first-order chi connectivity index (χ1) is 6.98. The first-order valence-electron chi connectivity index (χ1n) is 4.38. The van der Waals surface area contributed by atoms with Crippen LogP contribution in [0.5, 0.6) is 0 Å². The van der Waals surface area contributed by atoms with Gasteiger partial charge in [-0.25, -0.2) is 13.2 Å². The third-order valence-corrected chi connectivity index (χ3v) is 4.16. The van der Waals surface area contributed by atoms with Gasteiger partial charge in [-0.3, -0.25) is 0 Å². The zero-order valence-electron chi connectivity index (χ0n) is 7.71. The molecule has 82 valence electrons. The van der Waals surface area contributed by atoms with E-state index < -0.39 is 15.8 Å². The Morgan fingerprint density at radius 1 is 1.60 bits per heavy atom. The van der Waals surface area contributed by atoms with E-state index in [0.29, 0.717) is 12.1 Å². The van der Waals surface area contributed by atoms with Crippen molar-refractivity contribution >= 4 is 15.8 Å². The Kier molecular flexibility index (Phi) is 2.26. The molecule has 6 nitrogen and oxygen atoms in total. The van der Waals surface area contributed by atoms with Crippen LogP contribution in [-0.4, -0.2) is 36.2 Å². The Balaban J connectivity index is 2.21. The molecule has 1 aliphatic heterocycles. The Bertz CT molecular complexity index is 489. The van der Waals surface area contributed by atoms with E-state index in [-0.39, 0.29) is 23.2 Å². The quantitative estimate of drug-likeness (QED) is 0.784. The second-order valence-corrected chi connectivity index (χ2v) is 5.75. The molecule has 1 aromatic heterocycles. The summed E-state index contributed by atoms with van der Waals surface area (Å²) in [5.74, 6) is -1.53. The van der Waals surface area contributed by atoms with Crippen LogP contribution in [0.4, 0.5) is 0 Å². The van der Waals surface area contributed by atoms with Crippen molar-refractivity contribution in [1.29, 1.82) is 0 Å². The highest BCUT2D eigenvalue weighted by Crippen LogP contribution is 2.28. The van der Waals surface area contributed by atoms with Crippen molar-refractivity contribution in [2.75, 3.05) is 11.5 Å². The van der Waals surface area contributed by atoms with Crippen LogP contribution in [0.15, 0.2) is 10.6 Å². The number of hydrogen-bond donors (Lipinski definition) is 1.